The zero-order valence-electron chi connectivity index (χ0n) is 11.9. The van der Waals surface area contributed by atoms with Crippen molar-refractivity contribution in [1.82, 2.24) is 5.32 Å². The molecule has 2 atom stereocenters. The van der Waals surface area contributed by atoms with Crippen LogP contribution in [0.5, 0.6) is 0 Å². The molecule has 0 heterocycles. The van der Waals surface area contributed by atoms with Crippen molar-refractivity contribution < 1.29 is 0 Å². The van der Waals surface area contributed by atoms with Gasteiger partial charge < -0.3 is 5.32 Å². The van der Waals surface area contributed by atoms with Gasteiger partial charge in [0.2, 0.25) is 0 Å². The average molecular weight is 312 g/mol. The fourth-order valence-corrected chi connectivity index (χ4v) is 2.68. The van der Waals surface area contributed by atoms with E-state index in [0.29, 0.717) is 12.1 Å². The first-order chi connectivity index (χ1) is 8.63. The van der Waals surface area contributed by atoms with Crippen molar-refractivity contribution in [3.63, 3.8) is 0 Å². The number of hydrogen-bond acceptors (Lipinski definition) is 1. The van der Waals surface area contributed by atoms with Gasteiger partial charge in [-0.15, -0.1) is 0 Å². The molecule has 0 bridgehead atoms. The van der Waals surface area contributed by atoms with Gasteiger partial charge in [0, 0.05) is 16.6 Å². The largest absolute Gasteiger partial charge is 0.308 e. The number of nitrogens with one attached hydrogen (secondary N) is 1. The maximum absolute atomic E-state index is 3.68. The van der Waals surface area contributed by atoms with Crippen LogP contribution in [0, 0.1) is 0 Å². The zero-order valence-corrected chi connectivity index (χ0v) is 13.5. The van der Waals surface area contributed by atoms with Crippen LogP contribution in [0.25, 0.3) is 0 Å². The zero-order chi connectivity index (χ0) is 13.4. The van der Waals surface area contributed by atoms with E-state index >= 15 is 0 Å². The van der Waals surface area contributed by atoms with Crippen molar-refractivity contribution in [2.24, 2.45) is 0 Å². The topological polar surface area (TPSA) is 12.0 Å². The molecule has 1 rings (SSSR count). The second-order valence-electron chi connectivity index (χ2n) is 5.19. The van der Waals surface area contributed by atoms with Gasteiger partial charge in [-0.1, -0.05) is 60.7 Å². The Bertz CT molecular complexity index is 338. The van der Waals surface area contributed by atoms with Gasteiger partial charge >= 0.3 is 0 Å². The van der Waals surface area contributed by atoms with Crippen molar-refractivity contribution in [3.05, 3.63) is 34.3 Å². The third kappa shape index (κ3) is 6.01. The summed E-state index contributed by atoms with van der Waals surface area (Å²) < 4.78 is 1.16. The summed E-state index contributed by atoms with van der Waals surface area (Å²) in [5.41, 5.74) is 1.35. The van der Waals surface area contributed by atoms with E-state index in [9.17, 15) is 0 Å². The monoisotopic (exact) mass is 311 g/mol. The van der Waals surface area contributed by atoms with Gasteiger partial charge in [-0.25, -0.2) is 0 Å². The molecule has 0 amide bonds. The smallest absolute Gasteiger partial charge is 0.0294 e. The lowest BCUT2D eigenvalue weighted by Crippen LogP contribution is -2.28. The van der Waals surface area contributed by atoms with Crippen molar-refractivity contribution in [3.8, 4) is 0 Å². The molecule has 0 fully saturated rings. The summed E-state index contributed by atoms with van der Waals surface area (Å²) in [6.45, 7) is 6.79. The van der Waals surface area contributed by atoms with Crippen LogP contribution in [-0.4, -0.2) is 6.04 Å². The molecule has 0 radical (unpaired) electrons. The van der Waals surface area contributed by atoms with Gasteiger partial charge in [-0.2, -0.15) is 0 Å². The van der Waals surface area contributed by atoms with Crippen LogP contribution in [0.3, 0.4) is 0 Å². The maximum atomic E-state index is 3.68. The van der Waals surface area contributed by atoms with Gasteiger partial charge in [0.25, 0.3) is 0 Å². The molecule has 1 aromatic rings. The lowest BCUT2D eigenvalue weighted by molar-refractivity contribution is 0.438. The summed E-state index contributed by atoms with van der Waals surface area (Å²) in [6.07, 6.45) is 6.67. The summed E-state index contributed by atoms with van der Waals surface area (Å²) in [6, 6.07) is 9.57. The number of rotatable bonds is 8. The highest BCUT2D eigenvalue weighted by atomic mass is 79.9. The van der Waals surface area contributed by atoms with E-state index < -0.39 is 0 Å². The minimum absolute atomic E-state index is 0.420. The minimum atomic E-state index is 0.420. The van der Waals surface area contributed by atoms with E-state index in [2.05, 4.69) is 66.3 Å². The van der Waals surface area contributed by atoms with Gasteiger partial charge in [-0.3, -0.25) is 0 Å². The fraction of sp³-hybridized carbons (Fsp3) is 0.625. The molecule has 0 saturated heterocycles. The highest BCUT2D eigenvalue weighted by Gasteiger charge is 2.09. The van der Waals surface area contributed by atoms with E-state index in [-0.39, 0.29) is 0 Å². The van der Waals surface area contributed by atoms with Crippen molar-refractivity contribution in [2.45, 2.75) is 65.0 Å². The molecule has 0 spiro atoms. The molecule has 2 unspecified atom stereocenters. The summed E-state index contributed by atoms with van der Waals surface area (Å²) in [5.74, 6) is 0. The Morgan fingerprint density at radius 3 is 2.61 bits per heavy atom. The number of benzene rings is 1. The molecule has 1 aromatic carbocycles. The molecule has 0 aliphatic heterocycles. The van der Waals surface area contributed by atoms with E-state index in [1.165, 1.54) is 37.7 Å². The minimum Gasteiger partial charge on any atom is -0.308 e. The summed E-state index contributed by atoms with van der Waals surface area (Å²) in [7, 11) is 0. The van der Waals surface area contributed by atoms with Crippen molar-refractivity contribution in [2.75, 3.05) is 0 Å². The Balaban J connectivity index is 2.32. The molecule has 1 nitrogen and oxygen atoms in total. The molecule has 0 aliphatic carbocycles. The molecule has 0 aliphatic rings. The maximum Gasteiger partial charge on any atom is 0.0294 e. The molecule has 2 heteroatoms. The van der Waals surface area contributed by atoms with E-state index in [1.807, 2.05) is 0 Å². The Labute approximate surface area is 120 Å². The summed E-state index contributed by atoms with van der Waals surface area (Å²) in [4.78, 5) is 0. The lowest BCUT2D eigenvalue weighted by Gasteiger charge is -2.20. The molecule has 18 heavy (non-hydrogen) atoms. The van der Waals surface area contributed by atoms with Crippen LogP contribution in [0.1, 0.15) is 64.5 Å². The van der Waals surface area contributed by atoms with Crippen LogP contribution in [0.15, 0.2) is 28.7 Å². The Morgan fingerprint density at radius 2 is 1.94 bits per heavy atom. The number of hydrogen-bond donors (Lipinski definition) is 1. The molecule has 0 aromatic heterocycles. The number of halogens is 1. The second kappa shape index (κ2) is 8.71. The van der Waals surface area contributed by atoms with E-state index in [0.717, 1.165) is 4.47 Å². The first-order valence-electron chi connectivity index (χ1n) is 7.15. The first kappa shape index (κ1) is 15.7. The molecule has 0 saturated carbocycles. The van der Waals surface area contributed by atoms with Gasteiger partial charge in [-0.05, 0) is 38.0 Å². The van der Waals surface area contributed by atoms with Gasteiger partial charge in [0.15, 0.2) is 0 Å². The van der Waals surface area contributed by atoms with E-state index in [4.69, 9.17) is 0 Å². The third-order valence-corrected chi connectivity index (χ3v) is 3.87. The first-order valence-corrected chi connectivity index (χ1v) is 7.94. The Morgan fingerprint density at radius 1 is 1.17 bits per heavy atom. The van der Waals surface area contributed by atoms with Gasteiger partial charge in [0.1, 0.15) is 0 Å². The predicted octanol–water partition coefficient (Wildman–Crippen LogP) is 5.46. The molecule has 1 N–H and O–H groups in total. The van der Waals surface area contributed by atoms with Crippen molar-refractivity contribution in [1.29, 1.82) is 0 Å². The van der Waals surface area contributed by atoms with Gasteiger partial charge in [0.05, 0.1) is 0 Å². The molecular formula is C16H26BrN. The lowest BCUT2D eigenvalue weighted by atomic mass is 10.0. The van der Waals surface area contributed by atoms with Crippen LogP contribution >= 0.6 is 15.9 Å². The highest BCUT2D eigenvalue weighted by molar-refractivity contribution is 9.10. The predicted molar refractivity (Wildman–Crippen MR) is 83.9 cm³/mol. The third-order valence-electron chi connectivity index (χ3n) is 3.37. The van der Waals surface area contributed by atoms with Crippen LogP contribution in [0.2, 0.25) is 0 Å². The fourth-order valence-electron chi connectivity index (χ4n) is 2.26. The Kier molecular flexibility index (Phi) is 7.60. The Hall–Kier alpha value is -0.340. The number of unbranched alkanes of at least 4 members (excludes halogenated alkanes) is 3. The van der Waals surface area contributed by atoms with Crippen LogP contribution < -0.4 is 5.32 Å². The quantitative estimate of drug-likeness (QED) is 0.629. The standard InChI is InChI=1S/C16H26BrN/c1-4-5-6-7-9-13(2)18-14(3)15-10-8-11-16(17)12-15/h8,10-14,18H,4-7,9H2,1-3H3. The highest BCUT2D eigenvalue weighted by Crippen LogP contribution is 2.19. The van der Waals surface area contributed by atoms with E-state index in [1.54, 1.807) is 0 Å². The van der Waals surface area contributed by atoms with Crippen LogP contribution in [0.4, 0.5) is 0 Å². The molecular weight excluding hydrogens is 286 g/mol. The average Bonchev–Trinajstić information content (AvgIpc) is 2.34. The molecule has 102 valence electrons. The normalized spacial score (nSPS) is 14.4. The summed E-state index contributed by atoms with van der Waals surface area (Å²) >= 11 is 3.53. The second-order valence-corrected chi connectivity index (χ2v) is 6.11. The summed E-state index contributed by atoms with van der Waals surface area (Å²) in [5, 5.41) is 3.68. The van der Waals surface area contributed by atoms with Crippen molar-refractivity contribution >= 4 is 15.9 Å². The van der Waals surface area contributed by atoms with Crippen LogP contribution in [-0.2, 0) is 0 Å². The SMILES string of the molecule is CCCCCCC(C)NC(C)c1cccc(Br)c1.